The third-order valence-corrected chi connectivity index (χ3v) is 3.57. The number of nitrogens with zero attached hydrogens (tertiary/aromatic N) is 2. The van der Waals surface area contributed by atoms with Crippen LogP contribution in [-0.4, -0.2) is 27.0 Å². The Hall–Kier alpha value is -3.28. The van der Waals surface area contributed by atoms with Gasteiger partial charge in [0.15, 0.2) is 11.4 Å². The number of carbonyl (C=O) groups is 1. The lowest BCUT2D eigenvalue weighted by Crippen LogP contribution is -2.20. The van der Waals surface area contributed by atoms with Gasteiger partial charge in [-0.1, -0.05) is 12.1 Å². The number of rotatable bonds is 6. The van der Waals surface area contributed by atoms with Crippen LogP contribution in [0.2, 0.25) is 0 Å². The number of aromatic hydroxyl groups is 1. The molecule has 0 unspecified atom stereocenters. The average molecular weight is 337 g/mol. The number of amides is 1. The van der Waals surface area contributed by atoms with Gasteiger partial charge in [0.05, 0.1) is 18.8 Å². The molecule has 6 heteroatoms. The predicted octanol–water partition coefficient (Wildman–Crippen LogP) is 2.77. The molecule has 1 amide bonds. The molecule has 6 nitrogen and oxygen atoms in total. The van der Waals surface area contributed by atoms with Crippen LogP contribution < -0.4 is 10.1 Å². The normalized spacial score (nSPS) is 11.1. The van der Waals surface area contributed by atoms with Crippen molar-refractivity contribution in [2.24, 2.45) is 0 Å². The zero-order chi connectivity index (χ0) is 17.6. The Balaban J connectivity index is 1.57. The number of hydrogen-bond acceptors (Lipinski definition) is 4. The predicted molar refractivity (Wildman–Crippen MR) is 95.3 cm³/mol. The first-order chi connectivity index (χ1) is 12.2. The van der Waals surface area contributed by atoms with E-state index < -0.39 is 0 Å². The molecule has 0 radical (unpaired) electrons. The topological polar surface area (TPSA) is 75.9 Å². The van der Waals surface area contributed by atoms with Crippen LogP contribution in [0.25, 0.3) is 11.7 Å². The van der Waals surface area contributed by atoms with E-state index >= 15 is 0 Å². The van der Waals surface area contributed by atoms with Gasteiger partial charge in [0.25, 0.3) is 0 Å². The Morgan fingerprint density at radius 2 is 2.12 bits per heavy atom. The van der Waals surface area contributed by atoms with Crippen molar-refractivity contribution in [2.45, 2.75) is 13.5 Å². The standard InChI is InChI=1S/C19H19N3O3/c1-2-25-16-8-5-14(6-9-16)7-10-18(24)20-12-15-13-22-11-3-4-17(23)19(22)21-15/h3-11,13,23H,2,12H2,1H3,(H,20,24)/b10-7+. The van der Waals surface area contributed by atoms with Crippen LogP contribution in [0, 0.1) is 0 Å². The van der Waals surface area contributed by atoms with E-state index in [0.29, 0.717) is 17.9 Å². The van der Waals surface area contributed by atoms with Crippen LogP contribution in [0.5, 0.6) is 11.5 Å². The molecule has 3 aromatic rings. The fraction of sp³-hybridized carbons (Fsp3) is 0.158. The van der Waals surface area contributed by atoms with Crippen LogP contribution in [0.4, 0.5) is 0 Å². The number of benzene rings is 1. The van der Waals surface area contributed by atoms with E-state index in [1.54, 1.807) is 35.0 Å². The molecule has 2 N–H and O–H groups in total. The SMILES string of the molecule is CCOc1ccc(/C=C/C(=O)NCc2cn3cccc(O)c3n2)cc1. The van der Waals surface area contributed by atoms with Gasteiger partial charge < -0.3 is 19.6 Å². The summed E-state index contributed by atoms with van der Waals surface area (Å²) in [4.78, 5) is 16.2. The zero-order valence-electron chi connectivity index (χ0n) is 13.8. The maximum Gasteiger partial charge on any atom is 0.244 e. The summed E-state index contributed by atoms with van der Waals surface area (Å²) in [6.07, 6.45) is 6.77. The van der Waals surface area contributed by atoms with Crippen molar-refractivity contribution in [3.05, 3.63) is 66.1 Å². The van der Waals surface area contributed by atoms with Crippen LogP contribution in [-0.2, 0) is 11.3 Å². The maximum absolute atomic E-state index is 11.9. The molecule has 0 aliphatic heterocycles. The molecule has 2 heterocycles. The first kappa shape index (κ1) is 16.6. The first-order valence-electron chi connectivity index (χ1n) is 8.00. The number of nitrogens with one attached hydrogen (secondary N) is 1. The van der Waals surface area contributed by atoms with E-state index in [0.717, 1.165) is 11.3 Å². The molecule has 25 heavy (non-hydrogen) atoms. The van der Waals surface area contributed by atoms with Crippen molar-refractivity contribution in [3.8, 4) is 11.5 Å². The van der Waals surface area contributed by atoms with Crippen molar-refractivity contribution in [1.29, 1.82) is 0 Å². The molecule has 2 aromatic heterocycles. The molecule has 0 atom stereocenters. The fourth-order valence-electron chi connectivity index (χ4n) is 2.38. The third kappa shape index (κ3) is 4.17. The minimum atomic E-state index is -0.213. The van der Waals surface area contributed by atoms with Crippen LogP contribution >= 0.6 is 0 Å². The molecule has 128 valence electrons. The summed E-state index contributed by atoms with van der Waals surface area (Å²) < 4.78 is 7.09. The van der Waals surface area contributed by atoms with Crippen molar-refractivity contribution >= 4 is 17.6 Å². The number of pyridine rings is 1. The van der Waals surface area contributed by atoms with Gasteiger partial charge in [-0.2, -0.15) is 0 Å². The quantitative estimate of drug-likeness (QED) is 0.678. The van der Waals surface area contributed by atoms with Crippen LogP contribution in [0.1, 0.15) is 18.2 Å². The monoisotopic (exact) mass is 337 g/mol. The molecule has 0 spiro atoms. The highest BCUT2D eigenvalue weighted by molar-refractivity contribution is 5.91. The highest BCUT2D eigenvalue weighted by atomic mass is 16.5. The number of fused-ring (bicyclic) bond motifs is 1. The number of hydrogen-bond donors (Lipinski definition) is 2. The van der Waals surface area contributed by atoms with Crippen molar-refractivity contribution in [1.82, 2.24) is 14.7 Å². The molecule has 0 aliphatic carbocycles. The van der Waals surface area contributed by atoms with Gasteiger partial charge in [0, 0.05) is 18.5 Å². The molecule has 0 saturated carbocycles. The second kappa shape index (κ2) is 7.53. The van der Waals surface area contributed by atoms with Gasteiger partial charge in [0.2, 0.25) is 5.91 Å². The lowest BCUT2D eigenvalue weighted by Gasteiger charge is -2.02. The highest BCUT2D eigenvalue weighted by Gasteiger charge is 2.05. The lowest BCUT2D eigenvalue weighted by molar-refractivity contribution is -0.116. The molecule has 0 saturated heterocycles. The smallest absolute Gasteiger partial charge is 0.244 e. The largest absolute Gasteiger partial charge is 0.504 e. The fourth-order valence-corrected chi connectivity index (χ4v) is 2.38. The second-order valence-corrected chi connectivity index (χ2v) is 5.41. The molecule has 3 rings (SSSR count). The summed E-state index contributed by atoms with van der Waals surface area (Å²) in [5, 5.41) is 12.5. The van der Waals surface area contributed by atoms with Crippen LogP contribution in [0.15, 0.2) is 54.9 Å². The summed E-state index contributed by atoms with van der Waals surface area (Å²) >= 11 is 0. The van der Waals surface area contributed by atoms with Gasteiger partial charge in [0.1, 0.15) is 5.75 Å². The summed E-state index contributed by atoms with van der Waals surface area (Å²) in [7, 11) is 0. The Kier molecular flexibility index (Phi) is 4.99. The van der Waals surface area contributed by atoms with E-state index in [1.807, 2.05) is 31.2 Å². The number of carbonyl (C=O) groups excluding carboxylic acids is 1. The summed E-state index contributed by atoms with van der Waals surface area (Å²) in [6.45, 7) is 2.84. The van der Waals surface area contributed by atoms with Gasteiger partial charge >= 0.3 is 0 Å². The Bertz CT molecular complexity index is 898. The molecular formula is C19H19N3O3. The summed E-state index contributed by atoms with van der Waals surface area (Å²) in [6, 6.07) is 10.8. The van der Waals surface area contributed by atoms with E-state index in [2.05, 4.69) is 10.3 Å². The minimum absolute atomic E-state index is 0.107. The van der Waals surface area contributed by atoms with Crippen LogP contribution in [0.3, 0.4) is 0 Å². The highest BCUT2D eigenvalue weighted by Crippen LogP contribution is 2.16. The third-order valence-electron chi connectivity index (χ3n) is 3.57. The van der Waals surface area contributed by atoms with Gasteiger partial charge in [-0.25, -0.2) is 4.98 Å². The summed E-state index contributed by atoms with van der Waals surface area (Å²) in [5.74, 6) is 0.699. The van der Waals surface area contributed by atoms with Gasteiger partial charge in [-0.15, -0.1) is 0 Å². The van der Waals surface area contributed by atoms with E-state index in [-0.39, 0.29) is 18.2 Å². The molecule has 1 aromatic carbocycles. The van der Waals surface area contributed by atoms with Gasteiger partial charge in [-0.3, -0.25) is 4.79 Å². The number of ether oxygens (including phenoxy) is 1. The van der Waals surface area contributed by atoms with Gasteiger partial charge in [-0.05, 0) is 42.8 Å². The Morgan fingerprint density at radius 3 is 2.84 bits per heavy atom. The maximum atomic E-state index is 11.9. The minimum Gasteiger partial charge on any atom is -0.504 e. The zero-order valence-corrected chi connectivity index (χ0v) is 13.8. The molecule has 0 fully saturated rings. The average Bonchev–Trinajstić information content (AvgIpc) is 3.04. The lowest BCUT2D eigenvalue weighted by atomic mass is 10.2. The van der Waals surface area contributed by atoms with E-state index in [4.69, 9.17) is 4.74 Å². The number of aromatic nitrogens is 2. The van der Waals surface area contributed by atoms with Crippen molar-refractivity contribution < 1.29 is 14.6 Å². The number of imidazole rings is 1. The van der Waals surface area contributed by atoms with Crippen molar-refractivity contribution in [3.63, 3.8) is 0 Å². The molecule has 0 aliphatic rings. The van der Waals surface area contributed by atoms with E-state index in [1.165, 1.54) is 6.08 Å². The summed E-state index contributed by atoms with van der Waals surface area (Å²) in [5.41, 5.74) is 2.05. The molecule has 0 bridgehead atoms. The second-order valence-electron chi connectivity index (χ2n) is 5.41. The Morgan fingerprint density at radius 1 is 1.32 bits per heavy atom. The Labute approximate surface area is 145 Å². The molecular weight excluding hydrogens is 318 g/mol. The van der Waals surface area contributed by atoms with Crippen molar-refractivity contribution in [2.75, 3.05) is 6.61 Å². The van der Waals surface area contributed by atoms with E-state index in [9.17, 15) is 9.90 Å². The first-order valence-corrected chi connectivity index (χ1v) is 8.00.